The molecule has 0 spiro atoms. The van der Waals surface area contributed by atoms with Crippen molar-refractivity contribution in [3.05, 3.63) is 23.8 Å². The fraction of sp³-hybridized carbons (Fsp3) is 0.500. The van der Waals surface area contributed by atoms with E-state index in [2.05, 4.69) is 6.07 Å². The first-order chi connectivity index (χ1) is 9.29. The maximum absolute atomic E-state index is 11.2. The van der Waals surface area contributed by atoms with Crippen molar-refractivity contribution in [3.8, 4) is 11.8 Å². The zero-order chi connectivity index (χ0) is 15.3. The number of anilines is 1. The molecule has 0 N–H and O–H groups in total. The molecule has 0 aliphatic heterocycles. The zero-order valence-electron chi connectivity index (χ0n) is 12.8. The number of benzene rings is 1. The summed E-state index contributed by atoms with van der Waals surface area (Å²) < 4.78 is 5.80. The van der Waals surface area contributed by atoms with E-state index in [0.717, 1.165) is 12.0 Å². The summed E-state index contributed by atoms with van der Waals surface area (Å²) in [5.41, 5.74) is 1.29. The molecule has 108 valence electrons. The van der Waals surface area contributed by atoms with Crippen molar-refractivity contribution >= 4 is 12.0 Å². The van der Waals surface area contributed by atoms with Crippen LogP contribution in [0.4, 0.5) is 5.69 Å². The summed E-state index contributed by atoms with van der Waals surface area (Å²) in [6.07, 6.45) is 0.934. The van der Waals surface area contributed by atoms with Crippen LogP contribution < -0.4 is 9.64 Å². The van der Waals surface area contributed by atoms with E-state index in [4.69, 9.17) is 10.00 Å². The second kappa shape index (κ2) is 6.42. The molecule has 0 saturated heterocycles. The van der Waals surface area contributed by atoms with E-state index in [1.165, 1.54) is 0 Å². The number of hydrogen-bond donors (Lipinski definition) is 0. The van der Waals surface area contributed by atoms with E-state index in [1.54, 1.807) is 12.1 Å². The van der Waals surface area contributed by atoms with Crippen LogP contribution in [0.25, 0.3) is 0 Å². The Morgan fingerprint density at radius 1 is 1.40 bits per heavy atom. The molecule has 0 unspecified atom stereocenters. The van der Waals surface area contributed by atoms with Crippen molar-refractivity contribution in [1.29, 1.82) is 5.26 Å². The number of hydrogen-bond acceptors (Lipinski definition) is 4. The second-order valence-corrected chi connectivity index (χ2v) is 6.11. The molecule has 1 aromatic rings. The molecule has 0 bridgehead atoms. The van der Waals surface area contributed by atoms with Crippen LogP contribution in [0.3, 0.4) is 0 Å². The highest BCUT2D eigenvalue weighted by Crippen LogP contribution is 2.30. The largest absolute Gasteiger partial charge is 0.491 e. The predicted molar refractivity (Wildman–Crippen MR) is 80.0 cm³/mol. The van der Waals surface area contributed by atoms with Gasteiger partial charge in [0.2, 0.25) is 0 Å². The summed E-state index contributed by atoms with van der Waals surface area (Å²) in [7, 11) is 3.82. The van der Waals surface area contributed by atoms with E-state index in [1.807, 2.05) is 45.8 Å². The van der Waals surface area contributed by atoms with Gasteiger partial charge in [0.15, 0.2) is 0 Å². The molecule has 1 atom stereocenters. The Hall–Kier alpha value is -2.02. The van der Waals surface area contributed by atoms with Gasteiger partial charge in [-0.3, -0.25) is 0 Å². The molecule has 1 rings (SSSR count). The molecule has 1 aromatic carbocycles. The molecule has 0 heterocycles. The quantitative estimate of drug-likeness (QED) is 0.775. The van der Waals surface area contributed by atoms with Crippen LogP contribution in [0, 0.1) is 22.7 Å². The Balaban J connectivity index is 2.96. The van der Waals surface area contributed by atoms with Crippen LogP contribution in [0.5, 0.6) is 5.75 Å². The fourth-order valence-electron chi connectivity index (χ4n) is 1.74. The van der Waals surface area contributed by atoms with Crippen molar-refractivity contribution < 1.29 is 9.53 Å². The van der Waals surface area contributed by atoms with Gasteiger partial charge < -0.3 is 14.4 Å². The van der Waals surface area contributed by atoms with Crippen LogP contribution in [0.2, 0.25) is 0 Å². The number of nitrogens with zero attached hydrogens (tertiary/aromatic N) is 2. The van der Waals surface area contributed by atoms with Gasteiger partial charge in [0.05, 0.1) is 29.8 Å². The van der Waals surface area contributed by atoms with E-state index in [9.17, 15) is 4.79 Å². The predicted octanol–water partition coefficient (Wildman–Crippen LogP) is 2.86. The third-order valence-corrected chi connectivity index (χ3v) is 3.27. The molecule has 0 fully saturated rings. The lowest BCUT2D eigenvalue weighted by Gasteiger charge is -2.27. The van der Waals surface area contributed by atoms with E-state index in [0.29, 0.717) is 17.9 Å². The first-order valence-electron chi connectivity index (χ1n) is 6.59. The Labute approximate surface area is 121 Å². The minimum atomic E-state index is -0.191. The van der Waals surface area contributed by atoms with Gasteiger partial charge in [0.25, 0.3) is 0 Å². The Morgan fingerprint density at radius 3 is 2.50 bits per heavy atom. The molecular formula is C16H22N2O2. The van der Waals surface area contributed by atoms with Crippen LogP contribution in [0.15, 0.2) is 18.2 Å². The van der Waals surface area contributed by atoms with Crippen molar-refractivity contribution in [3.63, 3.8) is 0 Å². The second-order valence-electron chi connectivity index (χ2n) is 6.11. The maximum atomic E-state index is 11.2. The van der Waals surface area contributed by atoms with Gasteiger partial charge in [0.1, 0.15) is 12.0 Å². The number of carbonyl (C=O) groups excluding carboxylic acids is 1. The molecule has 20 heavy (non-hydrogen) atoms. The Morgan fingerprint density at radius 2 is 2.05 bits per heavy atom. The normalized spacial score (nSPS) is 12.4. The third kappa shape index (κ3) is 3.99. The van der Waals surface area contributed by atoms with Gasteiger partial charge in [-0.1, -0.05) is 20.8 Å². The lowest BCUT2D eigenvalue weighted by Crippen LogP contribution is -2.28. The lowest BCUT2D eigenvalue weighted by molar-refractivity contribution is -0.115. The van der Waals surface area contributed by atoms with Gasteiger partial charge in [-0.25, -0.2) is 0 Å². The van der Waals surface area contributed by atoms with Crippen molar-refractivity contribution in [2.75, 3.05) is 25.6 Å². The summed E-state index contributed by atoms with van der Waals surface area (Å²) in [5, 5.41) is 8.97. The summed E-state index contributed by atoms with van der Waals surface area (Å²) in [6.45, 7) is 6.33. The molecule has 0 aromatic heterocycles. The van der Waals surface area contributed by atoms with E-state index >= 15 is 0 Å². The number of carbonyl (C=O) groups is 1. The van der Waals surface area contributed by atoms with E-state index < -0.39 is 0 Å². The van der Waals surface area contributed by atoms with Crippen molar-refractivity contribution in [2.45, 2.75) is 20.8 Å². The maximum Gasteiger partial charge on any atom is 0.143 e. The third-order valence-electron chi connectivity index (χ3n) is 3.27. The van der Waals surface area contributed by atoms with Crippen LogP contribution in [0.1, 0.15) is 26.3 Å². The highest BCUT2D eigenvalue weighted by atomic mass is 16.5. The monoisotopic (exact) mass is 274 g/mol. The Bertz CT molecular complexity index is 510. The molecule has 0 saturated carbocycles. The lowest BCUT2D eigenvalue weighted by atomic mass is 9.82. The highest BCUT2D eigenvalue weighted by molar-refractivity contribution is 5.61. The van der Waals surface area contributed by atoms with Crippen molar-refractivity contribution in [1.82, 2.24) is 0 Å². The smallest absolute Gasteiger partial charge is 0.143 e. The van der Waals surface area contributed by atoms with Crippen LogP contribution >= 0.6 is 0 Å². The minimum absolute atomic E-state index is 0.146. The highest BCUT2D eigenvalue weighted by Gasteiger charge is 2.25. The van der Waals surface area contributed by atoms with Gasteiger partial charge in [-0.15, -0.1) is 0 Å². The number of rotatable bonds is 5. The Kier molecular flexibility index (Phi) is 5.15. The topological polar surface area (TPSA) is 53.3 Å². The summed E-state index contributed by atoms with van der Waals surface area (Å²) >= 11 is 0. The summed E-state index contributed by atoms with van der Waals surface area (Å²) in [5.74, 6) is 0.438. The SMILES string of the molecule is CN(C)c1ccc(C#N)cc1OC[C@@H](C=O)C(C)(C)C. The standard InChI is InChI=1S/C16H22N2O2/c1-16(2,3)13(10-19)11-20-15-8-12(9-17)6-7-14(15)18(4)5/h6-8,10,13H,11H2,1-5H3/t13-/m1/s1. The number of ether oxygens (including phenoxy) is 1. The average molecular weight is 274 g/mol. The molecule has 4 nitrogen and oxygen atoms in total. The van der Waals surface area contributed by atoms with Gasteiger partial charge >= 0.3 is 0 Å². The molecular weight excluding hydrogens is 252 g/mol. The summed E-state index contributed by atoms with van der Waals surface area (Å²) in [4.78, 5) is 13.1. The first kappa shape index (κ1) is 16.0. The van der Waals surface area contributed by atoms with Crippen molar-refractivity contribution in [2.24, 2.45) is 11.3 Å². The zero-order valence-corrected chi connectivity index (χ0v) is 12.8. The summed E-state index contributed by atoms with van der Waals surface area (Å²) in [6, 6.07) is 7.41. The molecule has 0 aliphatic rings. The molecule has 0 aliphatic carbocycles. The van der Waals surface area contributed by atoms with Gasteiger partial charge in [0, 0.05) is 20.2 Å². The fourth-order valence-corrected chi connectivity index (χ4v) is 1.74. The van der Waals surface area contributed by atoms with E-state index in [-0.39, 0.29) is 11.3 Å². The van der Waals surface area contributed by atoms with Gasteiger partial charge in [-0.2, -0.15) is 5.26 Å². The van der Waals surface area contributed by atoms with Crippen LogP contribution in [-0.2, 0) is 4.79 Å². The molecule has 0 radical (unpaired) electrons. The minimum Gasteiger partial charge on any atom is -0.491 e. The van der Waals surface area contributed by atoms with Crippen LogP contribution in [-0.4, -0.2) is 27.0 Å². The first-order valence-corrected chi connectivity index (χ1v) is 6.59. The molecule has 0 amide bonds. The van der Waals surface area contributed by atoms with Gasteiger partial charge in [-0.05, 0) is 17.5 Å². The number of aldehydes is 1. The number of nitriles is 1. The average Bonchev–Trinajstić information content (AvgIpc) is 2.37. The molecule has 4 heteroatoms.